The van der Waals surface area contributed by atoms with Crippen LogP contribution in [0.25, 0.3) is 12.2 Å². The van der Waals surface area contributed by atoms with Gasteiger partial charge in [-0.05, 0) is 35.4 Å². The molecular formula is C23H20N2O3. The fourth-order valence-corrected chi connectivity index (χ4v) is 2.80. The molecule has 0 spiro atoms. The summed E-state index contributed by atoms with van der Waals surface area (Å²) in [7, 11) is 1.74. The molecule has 0 radical (unpaired) electrons. The van der Waals surface area contributed by atoms with Crippen molar-refractivity contribution >= 4 is 35.4 Å². The lowest BCUT2D eigenvalue weighted by molar-refractivity contribution is 0.0698. The molecule has 0 saturated carbocycles. The van der Waals surface area contributed by atoms with Crippen molar-refractivity contribution in [3.8, 4) is 0 Å². The standard InChI is InChI=1S/C23H20N2O3/c1-24-21-15-17(12-11-16-7-3-2-4-8-16)13-14-18(21)22(26)25-20-10-6-5-9-19(20)23(27)28/h2-15,24H,1H3,(H,25,26)(H,27,28). The minimum absolute atomic E-state index is 0.0456. The van der Waals surface area contributed by atoms with E-state index >= 15 is 0 Å². The Bertz CT molecular complexity index is 1030. The molecule has 3 N–H and O–H groups in total. The Balaban J connectivity index is 1.83. The molecule has 5 heteroatoms. The maximum Gasteiger partial charge on any atom is 0.337 e. The highest BCUT2D eigenvalue weighted by Crippen LogP contribution is 2.22. The zero-order chi connectivity index (χ0) is 19.9. The average molecular weight is 372 g/mol. The molecule has 28 heavy (non-hydrogen) atoms. The number of carbonyl (C=O) groups is 2. The van der Waals surface area contributed by atoms with Crippen LogP contribution in [0.1, 0.15) is 31.8 Å². The van der Waals surface area contributed by atoms with Crippen molar-refractivity contribution in [1.29, 1.82) is 0 Å². The van der Waals surface area contributed by atoms with Crippen LogP contribution in [-0.2, 0) is 0 Å². The number of anilines is 2. The molecule has 0 atom stereocenters. The lowest BCUT2D eigenvalue weighted by Gasteiger charge is -2.12. The van der Waals surface area contributed by atoms with Gasteiger partial charge in [0, 0.05) is 12.7 Å². The van der Waals surface area contributed by atoms with Crippen molar-refractivity contribution in [3.63, 3.8) is 0 Å². The summed E-state index contributed by atoms with van der Waals surface area (Å²) >= 11 is 0. The number of hydrogen-bond acceptors (Lipinski definition) is 3. The summed E-state index contributed by atoms with van der Waals surface area (Å²) in [6.45, 7) is 0. The fourth-order valence-electron chi connectivity index (χ4n) is 2.80. The maximum atomic E-state index is 12.7. The van der Waals surface area contributed by atoms with Gasteiger partial charge in [0.25, 0.3) is 5.91 Å². The zero-order valence-corrected chi connectivity index (χ0v) is 15.3. The van der Waals surface area contributed by atoms with Crippen molar-refractivity contribution in [2.75, 3.05) is 17.7 Å². The maximum absolute atomic E-state index is 12.7. The monoisotopic (exact) mass is 372 g/mol. The van der Waals surface area contributed by atoms with E-state index in [1.807, 2.05) is 54.6 Å². The van der Waals surface area contributed by atoms with Gasteiger partial charge in [-0.3, -0.25) is 4.79 Å². The summed E-state index contributed by atoms with van der Waals surface area (Å²) in [5, 5.41) is 15.0. The van der Waals surface area contributed by atoms with Gasteiger partial charge < -0.3 is 15.7 Å². The molecule has 0 aliphatic heterocycles. The lowest BCUT2D eigenvalue weighted by Crippen LogP contribution is -2.16. The summed E-state index contributed by atoms with van der Waals surface area (Å²) in [6, 6.07) is 21.7. The molecule has 0 aromatic heterocycles. The number of carbonyl (C=O) groups excluding carboxylic acids is 1. The molecule has 0 bridgehead atoms. The van der Waals surface area contributed by atoms with Crippen molar-refractivity contribution in [1.82, 2.24) is 0 Å². The van der Waals surface area contributed by atoms with Gasteiger partial charge in [0.15, 0.2) is 0 Å². The van der Waals surface area contributed by atoms with E-state index in [1.165, 1.54) is 6.07 Å². The van der Waals surface area contributed by atoms with Crippen LogP contribution in [0.4, 0.5) is 11.4 Å². The van der Waals surface area contributed by atoms with Gasteiger partial charge >= 0.3 is 5.97 Å². The topological polar surface area (TPSA) is 78.4 Å². The second kappa shape index (κ2) is 8.68. The van der Waals surface area contributed by atoms with E-state index in [-0.39, 0.29) is 17.2 Å². The number of aromatic carboxylic acids is 1. The highest BCUT2D eigenvalue weighted by atomic mass is 16.4. The van der Waals surface area contributed by atoms with Crippen LogP contribution >= 0.6 is 0 Å². The van der Waals surface area contributed by atoms with Gasteiger partial charge in [-0.15, -0.1) is 0 Å². The van der Waals surface area contributed by atoms with Gasteiger partial charge in [-0.2, -0.15) is 0 Å². The van der Waals surface area contributed by atoms with Crippen LogP contribution in [-0.4, -0.2) is 24.0 Å². The Hall–Kier alpha value is -3.86. The predicted molar refractivity (Wildman–Crippen MR) is 113 cm³/mol. The van der Waals surface area contributed by atoms with Gasteiger partial charge in [0.1, 0.15) is 0 Å². The Morgan fingerprint density at radius 3 is 2.18 bits per heavy atom. The molecular weight excluding hydrogens is 352 g/mol. The van der Waals surface area contributed by atoms with Crippen LogP contribution in [0.2, 0.25) is 0 Å². The van der Waals surface area contributed by atoms with Crippen LogP contribution in [0.15, 0.2) is 72.8 Å². The molecule has 0 unspecified atom stereocenters. The van der Waals surface area contributed by atoms with Crippen molar-refractivity contribution in [3.05, 3.63) is 95.1 Å². The first-order chi connectivity index (χ1) is 13.6. The number of carboxylic acid groups (broad SMARTS) is 1. The van der Waals surface area contributed by atoms with Gasteiger partial charge in [0.05, 0.1) is 16.8 Å². The molecule has 0 heterocycles. The summed E-state index contributed by atoms with van der Waals surface area (Å²) < 4.78 is 0. The van der Waals surface area contributed by atoms with Crippen LogP contribution in [0, 0.1) is 0 Å². The summed E-state index contributed by atoms with van der Waals surface area (Å²) in [6.07, 6.45) is 3.97. The molecule has 0 fully saturated rings. The zero-order valence-electron chi connectivity index (χ0n) is 15.3. The highest BCUT2D eigenvalue weighted by molar-refractivity contribution is 6.10. The SMILES string of the molecule is CNc1cc(C=Cc2ccccc2)ccc1C(=O)Nc1ccccc1C(=O)O. The molecule has 140 valence electrons. The van der Waals surface area contributed by atoms with Crippen LogP contribution in [0.5, 0.6) is 0 Å². The quantitative estimate of drug-likeness (QED) is 0.541. The highest BCUT2D eigenvalue weighted by Gasteiger charge is 2.15. The number of carboxylic acids is 1. The van der Waals surface area contributed by atoms with E-state index in [9.17, 15) is 14.7 Å². The second-order valence-electron chi connectivity index (χ2n) is 6.10. The number of hydrogen-bond donors (Lipinski definition) is 3. The number of rotatable bonds is 6. The Kier molecular flexibility index (Phi) is 5.87. The number of nitrogens with one attached hydrogen (secondary N) is 2. The van der Waals surface area contributed by atoms with Gasteiger partial charge in [0.2, 0.25) is 0 Å². The Labute approximate surface area is 163 Å². The summed E-state index contributed by atoms with van der Waals surface area (Å²) in [4.78, 5) is 24.0. The van der Waals surface area contributed by atoms with Crippen LogP contribution in [0.3, 0.4) is 0 Å². The summed E-state index contributed by atoms with van der Waals surface area (Å²) in [5.74, 6) is -1.47. The molecule has 3 rings (SSSR count). The first-order valence-corrected chi connectivity index (χ1v) is 8.77. The molecule has 5 nitrogen and oxygen atoms in total. The average Bonchev–Trinajstić information content (AvgIpc) is 2.73. The normalized spacial score (nSPS) is 10.6. The number of para-hydroxylation sites is 1. The third-order valence-electron chi connectivity index (χ3n) is 4.23. The fraction of sp³-hybridized carbons (Fsp3) is 0.0435. The second-order valence-corrected chi connectivity index (χ2v) is 6.10. The molecule has 1 amide bonds. The van der Waals surface area contributed by atoms with E-state index in [0.29, 0.717) is 11.3 Å². The molecule has 0 saturated heterocycles. The molecule has 3 aromatic rings. The van der Waals surface area contributed by atoms with E-state index in [1.54, 1.807) is 31.3 Å². The number of amides is 1. The first kappa shape index (κ1) is 18.9. The third kappa shape index (κ3) is 4.45. The minimum atomic E-state index is -1.09. The van der Waals surface area contributed by atoms with Gasteiger partial charge in [-0.25, -0.2) is 4.79 Å². The minimum Gasteiger partial charge on any atom is -0.478 e. The first-order valence-electron chi connectivity index (χ1n) is 8.77. The molecule has 0 aliphatic rings. The third-order valence-corrected chi connectivity index (χ3v) is 4.23. The lowest BCUT2D eigenvalue weighted by atomic mass is 10.1. The van der Waals surface area contributed by atoms with Crippen molar-refractivity contribution in [2.24, 2.45) is 0 Å². The number of benzene rings is 3. The van der Waals surface area contributed by atoms with E-state index in [0.717, 1.165) is 11.1 Å². The molecule has 3 aromatic carbocycles. The van der Waals surface area contributed by atoms with Crippen molar-refractivity contribution in [2.45, 2.75) is 0 Å². The largest absolute Gasteiger partial charge is 0.478 e. The van der Waals surface area contributed by atoms with E-state index in [2.05, 4.69) is 10.6 Å². The van der Waals surface area contributed by atoms with E-state index in [4.69, 9.17) is 0 Å². The van der Waals surface area contributed by atoms with Crippen LogP contribution < -0.4 is 10.6 Å². The van der Waals surface area contributed by atoms with Gasteiger partial charge in [-0.1, -0.05) is 60.7 Å². The Morgan fingerprint density at radius 1 is 0.786 bits per heavy atom. The van der Waals surface area contributed by atoms with E-state index < -0.39 is 5.97 Å². The summed E-state index contributed by atoms with van der Waals surface area (Å²) in [5.41, 5.74) is 3.41. The Morgan fingerprint density at radius 2 is 1.46 bits per heavy atom. The predicted octanol–water partition coefficient (Wildman–Crippen LogP) is 4.85. The van der Waals surface area contributed by atoms with Crippen molar-refractivity contribution < 1.29 is 14.7 Å². The molecule has 0 aliphatic carbocycles. The smallest absolute Gasteiger partial charge is 0.337 e.